The molecule has 0 bridgehead atoms. The topological polar surface area (TPSA) is 76.4 Å². The maximum atomic E-state index is 13.7. The smallest absolute Gasteiger partial charge is 0.191 e. The number of hydrogen-bond acceptors (Lipinski definition) is 4. The Balaban J connectivity index is 0.00000364. The number of hydrogen-bond donors (Lipinski definition) is 2. The summed E-state index contributed by atoms with van der Waals surface area (Å²) in [6, 6.07) is 6.81. The van der Waals surface area contributed by atoms with Crippen LogP contribution in [0.1, 0.15) is 18.3 Å². The highest BCUT2D eigenvalue weighted by Gasteiger charge is 2.04. The van der Waals surface area contributed by atoms with Crippen LogP contribution in [0.2, 0.25) is 0 Å². The van der Waals surface area contributed by atoms with Crippen molar-refractivity contribution in [2.24, 2.45) is 4.99 Å². The van der Waals surface area contributed by atoms with Crippen LogP contribution in [0.5, 0.6) is 0 Å². The van der Waals surface area contributed by atoms with Gasteiger partial charge in [0.1, 0.15) is 18.0 Å². The third-order valence-electron chi connectivity index (χ3n) is 3.87. The molecular weight excluding hydrogens is 462 g/mol. The molecule has 1 heterocycles. The Kier molecular flexibility index (Phi) is 11.6. The second-order valence-corrected chi connectivity index (χ2v) is 5.71. The van der Waals surface area contributed by atoms with Crippen LogP contribution in [0.15, 0.2) is 35.6 Å². The molecule has 1 aromatic carbocycles. The molecule has 150 valence electrons. The van der Waals surface area contributed by atoms with E-state index in [0.717, 1.165) is 18.8 Å². The SMILES string of the molecule is CCc1nncn1CCNC(=NCCOC)NCCc1ccccc1F.I. The molecule has 9 heteroatoms. The number of methoxy groups -OCH3 is 1. The first-order valence-electron chi connectivity index (χ1n) is 8.85. The number of aryl methyl sites for hydroxylation is 1. The van der Waals surface area contributed by atoms with Gasteiger partial charge >= 0.3 is 0 Å². The van der Waals surface area contributed by atoms with Gasteiger partial charge < -0.3 is 19.9 Å². The first kappa shape index (κ1) is 23.3. The molecule has 2 aromatic rings. The lowest BCUT2D eigenvalue weighted by Gasteiger charge is -2.13. The fourth-order valence-electron chi connectivity index (χ4n) is 2.47. The van der Waals surface area contributed by atoms with Crippen LogP contribution in [-0.2, 0) is 24.1 Å². The Bertz CT molecular complexity index is 694. The fourth-order valence-corrected chi connectivity index (χ4v) is 2.47. The molecule has 0 saturated heterocycles. The van der Waals surface area contributed by atoms with E-state index < -0.39 is 0 Å². The number of aliphatic imine (C=N–C) groups is 1. The Morgan fingerprint density at radius 2 is 2.04 bits per heavy atom. The van der Waals surface area contributed by atoms with E-state index in [4.69, 9.17) is 4.74 Å². The molecule has 0 aliphatic carbocycles. The van der Waals surface area contributed by atoms with Gasteiger partial charge in [-0.2, -0.15) is 0 Å². The van der Waals surface area contributed by atoms with Crippen molar-refractivity contribution in [3.63, 3.8) is 0 Å². The molecule has 0 spiro atoms. The number of benzene rings is 1. The lowest BCUT2D eigenvalue weighted by molar-refractivity contribution is 0.208. The molecule has 0 unspecified atom stereocenters. The molecule has 2 rings (SSSR count). The summed E-state index contributed by atoms with van der Waals surface area (Å²) in [7, 11) is 1.65. The van der Waals surface area contributed by atoms with E-state index in [1.165, 1.54) is 6.07 Å². The predicted molar refractivity (Wildman–Crippen MR) is 115 cm³/mol. The van der Waals surface area contributed by atoms with E-state index in [2.05, 4.69) is 32.7 Å². The van der Waals surface area contributed by atoms with Crippen molar-refractivity contribution in [2.75, 3.05) is 33.4 Å². The van der Waals surface area contributed by atoms with Gasteiger partial charge in [-0.25, -0.2) is 4.39 Å². The van der Waals surface area contributed by atoms with Gasteiger partial charge in [0.25, 0.3) is 0 Å². The zero-order chi connectivity index (χ0) is 18.6. The zero-order valence-corrected chi connectivity index (χ0v) is 18.2. The summed E-state index contributed by atoms with van der Waals surface area (Å²) in [4.78, 5) is 4.46. The van der Waals surface area contributed by atoms with E-state index in [1.807, 2.05) is 10.6 Å². The number of nitrogens with zero attached hydrogens (tertiary/aromatic N) is 4. The Morgan fingerprint density at radius 3 is 2.78 bits per heavy atom. The number of aromatic nitrogens is 3. The second-order valence-electron chi connectivity index (χ2n) is 5.71. The summed E-state index contributed by atoms with van der Waals surface area (Å²) in [6.07, 6.45) is 3.16. The summed E-state index contributed by atoms with van der Waals surface area (Å²) in [5, 5.41) is 14.5. The summed E-state index contributed by atoms with van der Waals surface area (Å²) in [6.45, 7) is 5.17. The molecule has 2 N–H and O–H groups in total. The highest BCUT2D eigenvalue weighted by atomic mass is 127. The Morgan fingerprint density at radius 1 is 1.26 bits per heavy atom. The molecule has 7 nitrogen and oxygen atoms in total. The Labute approximate surface area is 176 Å². The van der Waals surface area contributed by atoms with Crippen molar-refractivity contribution in [1.82, 2.24) is 25.4 Å². The molecule has 0 atom stereocenters. The normalized spacial score (nSPS) is 11.1. The van der Waals surface area contributed by atoms with Crippen LogP contribution >= 0.6 is 24.0 Å². The van der Waals surface area contributed by atoms with Gasteiger partial charge in [-0.05, 0) is 18.1 Å². The van der Waals surface area contributed by atoms with Gasteiger partial charge in [0.05, 0.1) is 13.2 Å². The molecule has 0 fully saturated rings. The largest absolute Gasteiger partial charge is 0.383 e. The average Bonchev–Trinajstić information content (AvgIpc) is 3.10. The lowest BCUT2D eigenvalue weighted by atomic mass is 10.1. The maximum absolute atomic E-state index is 13.7. The maximum Gasteiger partial charge on any atom is 0.191 e. The summed E-state index contributed by atoms with van der Waals surface area (Å²) >= 11 is 0. The monoisotopic (exact) mass is 490 g/mol. The average molecular weight is 490 g/mol. The van der Waals surface area contributed by atoms with Crippen LogP contribution in [0.3, 0.4) is 0 Å². The minimum atomic E-state index is -0.181. The standard InChI is InChI=1S/C18H27FN6O.HI/c1-3-17-24-23-14-25(17)12-10-21-18(22-11-13-26-2)20-9-8-15-6-4-5-7-16(15)19;/h4-7,14H,3,8-13H2,1-2H3,(H2,20,21,22);1H. The van der Waals surface area contributed by atoms with E-state index in [-0.39, 0.29) is 29.8 Å². The highest BCUT2D eigenvalue weighted by Crippen LogP contribution is 2.06. The summed E-state index contributed by atoms with van der Waals surface area (Å²) < 4.78 is 20.7. The van der Waals surface area contributed by atoms with E-state index in [1.54, 1.807) is 25.6 Å². The minimum Gasteiger partial charge on any atom is -0.383 e. The molecule has 0 amide bonds. The van der Waals surface area contributed by atoms with Gasteiger partial charge in [0.2, 0.25) is 0 Å². The van der Waals surface area contributed by atoms with E-state index >= 15 is 0 Å². The van der Waals surface area contributed by atoms with Crippen molar-refractivity contribution < 1.29 is 9.13 Å². The number of halogens is 2. The van der Waals surface area contributed by atoms with Crippen LogP contribution < -0.4 is 10.6 Å². The Hall–Kier alpha value is -1.75. The van der Waals surface area contributed by atoms with Crippen LogP contribution in [0, 0.1) is 5.82 Å². The third kappa shape index (κ3) is 8.21. The quantitative estimate of drug-likeness (QED) is 0.231. The van der Waals surface area contributed by atoms with Crippen molar-refractivity contribution in [3.8, 4) is 0 Å². The summed E-state index contributed by atoms with van der Waals surface area (Å²) in [5.74, 6) is 1.46. The number of nitrogens with one attached hydrogen (secondary N) is 2. The molecule has 0 saturated carbocycles. The lowest BCUT2D eigenvalue weighted by Crippen LogP contribution is -2.40. The van der Waals surface area contributed by atoms with Gasteiger partial charge in [-0.15, -0.1) is 34.2 Å². The zero-order valence-electron chi connectivity index (χ0n) is 15.8. The molecule has 1 aromatic heterocycles. The van der Waals surface area contributed by atoms with Crippen LogP contribution in [-0.4, -0.2) is 54.1 Å². The fraction of sp³-hybridized carbons (Fsp3) is 0.500. The molecule has 27 heavy (non-hydrogen) atoms. The van der Waals surface area contributed by atoms with Crippen molar-refractivity contribution in [2.45, 2.75) is 26.3 Å². The number of guanidine groups is 1. The number of rotatable bonds is 10. The first-order valence-corrected chi connectivity index (χ1v) is 8.85. The summed E-state index contributed by atoms with van der Waals surface area (Å²) in [5.41, 5.74) is 0.688. The molecular formula is C18H28FIN6O. The van der Waals surface area contributed by atoms with Gasteiger partial charge in [0, 0.05) is 33.2 Å². The molecule has 0 aliphatic heterocycles. The van der Waals surface area contributed by atoms with Crippen LogP contribution in [0.25, 0.3) is 0 Å². The van der Waals surface area contributed by atoms with Crippen molar-refractivity contribution >= 4 is 29.9 Å². The minimum absolute atomic E-state index is 0. The molecule has 0 aliphatic rings. The second kappa shape index (κ2) is 13.4. The predicted octanol–water partition coefficient (Wildman–Crippen LogP) is 2.02. The van der Waals surface area contributed by atoms with Gasteiger partial charge in [0.15, 0.2) is 5.96 Å². The van der Waals surface area contributed by atoms with Gasteiger partial charge in [-0.3, -0.25) is 4.99 Å². The van der Waals surface area contributed by atoms with Crippen molar-refractivity contribution in [3.05, 3.63) is 47.8 Å². The van der Waals surface area contributed by atoms with Crippen molar-refractivity contribution in [1.29, 1.82) is 0 Å². The van der Waals surface area contributed by atoms with Gasteiger partial charge in [-0.1, -0.05) is 25.1 Å². The number of ether oxygens (including phenoxy) is 1. The van der Waals surface area contributed by atoms with E-state index in [0.29, 0.717) is 44.2 Å². The molecule has 0 radical (unpaired) electrons. The third-order valence-corrected chi connectivity index (χ3v) is 3.87. The highest BCUT2D eigenvalue weighted by molar-refractivity contribution is 14.0. The van der Waals surface area contributed by atoms with E-state index in [9.17, 15) is 4.39 Å². The van der Waals surface area contributed by atoms with Crippen LogP contribution in [0.4, 0.5) is 4.39 Å². The first-order chi connectivity index (χ1) is 12.7.